The fraction of sp³-hybridized carbons (Fsp3) is 0.481. The molecule has 2 aromatic rings. The second-order valence-corrected chi connectivity index (χ2v) is 10.8. The van der Waals surface area contributed by atoms with E-state index in [1.165, 1.54) is 17.3 Å². The van der Waals surface area contributed by atoms with Crippen LogP contribution in [0.5, 0.6) is 0 Å². The van der Waals surface area contributed by atoms with E-state index in [1.807, 2.05) is 41.8 Å². The van der Waals surface area contributed by atoms with Gasteiger partial charge in [-0.05, 0) is 19.4 Å². The number of urea groups is 1. The van der Waals surface area contributed by atoms with Gasteiger partial charge >= 0.3 is 6.03 Å². The number of rotatable bonds is 8. The normalized spacial score (nSPS) is 18.7. The maximum absolute atomic E-state index is 12.9. The van der Waals surface area contributed by atoms with E-state index in [-0.39, 0.29) is 23.7 Å². The summed E-state index contributed by atoms with van der Waals surface area (Å²) in [6.07, 6.45) is 4.31. The van der Waals surface area contributed by atoms with Crippen LogP contribution in [0.1, 0.15) is 19.4 Å². The minimum atomic E-state index is -0.0420. The predicted octanol–water partition coefficient (Wildman–Crippen LogP) is 3.32. The van der Waals surface area contributed by atoms with Gasteiger partial charge in [0.25, 0.3) is 0 Å². The number of halogens is 1. The summed E-state index contributed by atoms with van der Waals surface area (Å²) in [5.41, 5.74) is 1.20. The quantitative estimate of drug-likeness (QED) is 0.303. The molecule has 2 aliphatic heterocycles. The first-order chi connectivity index (χ1) is 18.4. The summed E-state index contributed by atoms with van der Waals surface area (Å²) < 4.78 is 0. The van der Waals surface area contributed by atoms with E-state index in [0.717, 1.165) is 25.5 Å². The van der Waals surface area contributed by atoms with Crippen molar-refractivity contribution in [1.82, 2.24) is 30.0 Å². The lowest BCUT2D eigenvalue weighted by atomic mass is 10.2. The molecule has 0 spiro atoms. The third-order valence-corrected chi connectivity index (χ3v) is 7.75. The second kappa shape index (κ2) is 13.8. The van der Waals surface area contributed by atoms with E-state index in [9.17, 15) is 9.59 Å². The van der Waals surface area contributed by atoms with Crippen LogP contribution in [-0.4, -0.2) is 107 Å². The zero-order valence-corrected chi connectivity index (χ0v) is 23.6. The third kappa shape index (κ3) is 7.85. The molecule has 4 rings (SSSR count). The molecular formula is C27H36ClN7O2S. The number of piperazine rings is 2. The van der Waals surface area contributed by atoms with Gasteiger partial charge in [0.2, 0.25) is 5.91 Å². The van der Waals surface area contributed by atoms with Crippen molar-refractivity contribution in [2.75, 3.05) is 69.6 Å². The van der Waals surface area contributed by atoms with Crippen LogP contribution in [-0.2, 0) is 4.79 Å². The Morgan fingerprint density at radius 2 is 1.87 bits per heavy atom. The number of amides is 3. The first-order valence-electron chi connectivity index (χ1n) is 13.1. The van der Waals surface area contributed by atoms with Gasteiger partial charge in [0.1, 0.15) is 11.0 Å². The van der Waals surface area contributed by atoms with E-state index in [2.05, 4.69) is 49.4 Å². The van der Waals surface area contributed by atoms with Crippen molar-refractivity contribution < 1.29 is 9.59 Å². The Balaban J connectivity index is 1.24. The lowest BCUT2D eigenvalue weighted by molar-refractivity contribution is -0.130. The topological polar surface area (TPSA) is 84.9 Å². The van der Waals surface area contributed by atoms with E-state index < -0.39 is 0 Å². The zero-order valence-electron chi connectivity index (χ0n) is 22.1. The van der Waals surface area contributed by atoms with Crippen molar-refractivity contribution in [2.24, 2.45) is 0 Å². The smallest absolute Gasteiger partial charge is 0.317 e. The molecule has 0 saturated carbocycles. The number of nitrogens with zero attached hydrogens (tertiary/aromatic N) is 6. The minimum absolute atomic E-state index is 0.0363. The van der Waals surface area contributed by atoms with Crippen LogP contribution >= 0.6 is 23.4 Å². The molecule has 0 aliphatic carbocycles. The molecule has 2 aliphatic rings. The van der Waals surface area contributed by atoms with Gasteiger partial charge in [-0.1, -0.05) is 65.8 Å². The van der Waals surface area contributed by atoms with E-state index >= 15 is 0 Å². The number of carbonyl (C=O) groups is 2. The molecule has 1 aromatic heterocycles. The summed E-state index contributed by atoms with van der Waals surface area (Å²) in [5, 5.41) is 3.71. The highest BCUT2D eigenvalue weighted by Gasteiger charge is 2.28. The third-order valence-electron chi connectivity index (χ3n) is 6.72. The van der Waals surface area contributed by atoms with Gasteiger partial charge in [0.15, 0.2) is 5.16 Å². The lowest BCUT2D eigenvalue weighted by Gasteiger charge is -2.40. The number of anilines is 1. The molecule has 204 valence electrons. The highest BCUT2D eigenvalue weighted by molar-refractivity contribution is 7.99. The number of aromatic nitrogens is 2. The first kappa shape index (κ1) is 28.2. The van der Waals surface area contributed by atoms with E-state index in [0.29, 0.717) is 49.6 Å². The number of nitrogens with one attached hydrogen (secondary N) is 1. The van der Waals surface area contributed by atoms with Crippen molar-refractivity contribution in [1.29, 1.82) is 0 Å². The molecule has 9 nitrogen and oxygen atoms in total. The molecule has 38 heavy (non-hydrogen) atoms. The highest BCUT2D eigenvalue weighted by atomic mass is 35.5. The summed E-state index contributed by atoms with van der Waals surface area (Å²) in [7, 11) is 0. The van der Waals surface area contributed by atoms with Crippen molar-refractivity contribution in [3.63, 3.8) is 0 Å². The number of hydrogen-bond donors (Lipinski definition) is 1. The SMILES string of the molecule is CCNC(=O)N1CCN(c2cc(Cl)nc(SCC(=O)N3CCN(C/C=C/c4ccccc4)CC3)n2)C[C@H]1C. The monoisotopic (exact) mass is 557 g/mol. The molecule has 1 N–H and O–H groups in total. The fourth-order valence-corrected chi connectivity index (χ4v) is 5.62. The Morgan fingerprint density at radius 1 is 1.11 bits per heavy atom. The molecule has 0 unspecified atom stereocenters. The van der Waals surface area contributed by atoms with Crippen molar-refractivity contribution in [3.8, 4) is 0 Å². The molecule has 3 amide bonds. The first-order valence-corrected chi connectivity index (χ1v) is 14.5. The Bertz CT molecular complexity index is 1110. The Labute approximate surface area is 234 Å². The number of benzene rings is 1. The fourth-order valence-electron chi connectivity index (χ4n) is 4.63. The van der Waals surface area contributed by atoms with Crippen molar-refractivity contribution in [3.05, 3.63) is 53.2 Å². The lowest BCUT2D eigenvalue weighted by Crippen LogP contribution is -2.56. The van der Waals surface area contributed by atoms with Crippen LogP contribution in [0.3, 0.4) is 0 Å². The molecule has 0 bridgehead atoms. The number of carbonyl (C=O) groups excluding carboxylic acids is 2. The van der Waals surface area contributed by atoms with Gasteiger partial charge in [0, 0.05) is 71.0 Å². The molecule has 1 atom stereocenters. The van der Waals surface area contributed by atoms with E-state index in [4.69, 9.17) is 11.6 Å². The average Bonchev–Trinajstić information content (AvgIpc) is 2.92. The second-order valence-electron chi connectivity index (χ2n) is 9.44. The molecule has 3 heterocycles. The van der Waals surface area contributed by atoms with Crippen LogP contribution in [0.15, 0.2) is 47.6 Å². The molecule has 2 saturated heterocycles. The summed E-state index contributed by atoms with van der Waals surface area (Å²) in [6.45, 7) is 10.5. The minimum Gasteiger partial charge on any atom is -0.353 e. The summed E-state index contributed by atoms with van der Waals surface area (Å²) in [6, 6.07) is 12.0. The van der Waals surface area contributed by atoms with Crippen molar-refractivity contribution >= 4 is 47.2 Å². The Kier molecular flexibility index (Phi) is 10.3. The van der Waals surface area contributed by atoms with Crippen molar-refractivity contribution in [2.45, 2.75) is 25.0 Å². The summed E-state index contributed by atoms with van der Waals surface area (Å²) in [5.74, 6) is 1.08. The van der Waals surface area contributed by atoms with Gasteiger partial charge in [-0.3, -0.25) is 9.69 Å². The largest absolute Gasteiger partial charge is 0.353 e. The summed E-state index contributed by atoms with van der Waals surface area (Å²) >= 11 is 7.63. The van der Waals surface area contributed by atoms with Gasteiger partial charge < -0.3 is 20.0 Å². The maximum Gasteiger partial charge on any atom is 0.317 e. The van der Waals surface area contributed by atoms with Crippen LogP contribution < -0.4 is 10.2 Å². The highest BCUT2D eigenvalue weighted by Crippen LogP contribution is 2.24. The maximum atomic E-state index is 12.9. The molecule has 0 radical (unpaired) electrons. The molecule has 11 heteroatoms. The number of thioether (sulfide) groups is 1. The van der Waals surface area contributed by atoms with Gasteiger partial charge in [0.05, 0.1) is 5.75 Å². The van der Waals surface area contributed by atoms with Crippen LogP contribution in [0.4, 0.5) is 10.6 Å². The molecular weight excluding hydrogens is 522 g/mol. The number of hydrogen-bond acceptors (Lipinski definition) is 7. The molecule has 1 aromatic carbocycles. The van der Waals surface area contributed by atoms with Gasteiger partial charge in [-0.2, -0.15) is 0 Å². The molecule has 2 fully saturated rings. The predicted molar refractivity (Wildman–Crippen MR) is 154 cm³/mol. The average molecular weight is 558 g/mol. The van der Waals surface area contributed by atoms with Crippen LogP contribution in [0.25, 0.3) is 6.08 Å². The van der Waals surface area contributed by atoms with Gasteiger partial charge in [-0.25, -0.2) is 14.8 Å². The standard InChI is InChI=1S/C27H36ClN7O2S/c1-3-29-27(37)35-17-16-34(19-21(35)2)24-18-23(28)30-26(31-24)38-20-25(36)33-14-12-32(13-15-33)11-7-10-22-8-5-4-6-9-22/h4-10,18,21H,3,11-17,19-20H2,1-2H3,(H,29,37)/b10-7+/t21-/m1/s1. The van der Waals surface area contributed by atoms with E-state index in [1.54, 1.807) is 6.07 Å². The zero-order chi connectivity index (χ0) is 26.9. The Morgan fingerprint density at radius 3 is 2.58 bits per heavy atom. The van der Waals surface area contributed by atoms with Crippen LogP contribution in [0, 0.1) is 0 Å². The summed E-state index contributed by atoms with van der Waals surface area (Å²) in [4.78, 5) is 42.4. The Hall–Kier alpha value is -2.82. The van der Waals surface area contributed by atoms with Gasteiger partial charge in [-0.15, -0.1) is 0 Å². The van der Waals surface area contributed by atoms with Crippen LogP contribution in [0.2, 0.25) is 5.15 Å².